The van der Waals surface area contributed by atoms with Crippen molar-refractivity contribution in [2.24, 2.45) is 0 Å². The average Bonchev–Trinajstić information content (AvgIpc) is 2.62. The van der Waals surface area contributed by atoms with E-state index in [0.717, 1.165) is 7.11 Å². The van der Waals surface area contributed by atoms with Crippen LogP contribution in [0.5, 0.6) is 5.75 Å². The first-order valence-electron chi connectivity index (χ1n) is 6.02. The van der Waals surface area contributed by atoms with Gasteiger partial charge in [-0.2, -0.15) is 14.0 Å². The van der Waals surface area contributed by atoms with Crippen molar-refractivity contribution in [2.75, 3.05) is 7.11 Å². The lowest BCUT2D eigenvalue weighted by Gasteiger charge is -2.10. The topological polar surface area (TPSA) is 75.4 Å². The molecule has 0 aliphatic carbocycles. The minimum atomic E-state index is -2.31. The summed E-state index contributed by atoms with van der Waals surface area (Å²) < 4.78 is 71.5. The first-order valence-corrected chi connectivity index (χ1v) is 6.02. The van der Waals surface area contributed by atoms with Crippen molar-refractivity contribution in [3.8, 4) is 11.8 Å². The van der Waals surface area contributed by atoms with Crippen LogP contribution in [0, 0.1) is 40.4 Å². The van der Waals surface area contributed by atoms with Gasteiger partial charge in [0, 0.05) is 19.5 Å². The summed E-state index contributed by atoms with van der Waals surface area (Å²) >= 11 is 0. The Hall–Kier alpha value is -2.71. The molecule has 0 amide bonds. The van der Waals surface area contributed by atoms with Crippen LogP contribution in [0.3, 0.4) is 0 Å². The van der Waals surface area contributed by atoms with E-state index >= 15 is 0 Å². The predicted octanol–water partition coefficient (Wildman–Crippen LogP) is 2.34. The Labute approximate surface area is 133 Å². The van der Waals surface area contributed by atoms with Crippen molar-refractivity contribution >= 4 is 7.32 Å². The van der Waals surface area contributed by atoms with Crippen molar-refractivity contribution in [2.45, 2.75) is 0 Å². The van der Waals surface area contributed by atoms with Crippen molar-refractivity contribution < 1.29 is 36.3 Å². The van der Waals surface area contributed by atoms with Crippen LogP contribution < -0.4 is 4.65 Å². The van der Waals surface area contributed by atoms with Crippen LogP contribution in [0.4, 0.5) is 22.0 Å². The second kappa shape index (κ2) is 8.80. The van der Waals surface area contributed by atoms with E-state index in [-0.39, 0.29) is 0 Å². The molecule has 5 nitrogen and oxygen atoms in total. The van der Waals surface area contributed by atoms with E-state index < -0.39 is 42.2 Å². The SMILES string of the molecule is COB(O)Oc1c(F)c(F)c(F)c(F)c1F.N#Cc1ccncc1. The standard InChI is InChI=1S/C7H4BF5O3.C6H4N2/c1-15-8(14)16-7-5(12)3(10)2(9)4(11)6(7)13;7-5-6-1-3-8-4-2-6/h14H,1H3;1-4H. The molecule has 0 unspecified atom stereocenters. The van der Waals surface area contributed by atoms with Crippen molar-refractivity contribution in [3.63, 3.8) is 0 Å². The summed E-state index contributed by atoms with van der Waals surface area (Å²) in [6.07, 6.45) is 3.19. The zero-order chi connectivity index (χ0) is 18.3. The summed E-state index contributed by atoms with van der Waals surface area (Å²) in [4.78, 5) is 3.74. The maximum atomic E-state index is 12.9. The molecule has 2 aromatic rings. The Bertz CT molecular complexity index is 714. The van der Waals surface area contributed by atoms with Crippen LogP contribution in [0.25, 0.3) is 0 Å². The third-order valence-corrected chi connectivity index (χ3v) is 2.40. The molecule has 0 bridgehead atoms. The second-order valence-electron chi connectivity index (χ2n) is 3.91. The van der Waals surface area contributed by atoms with Gasteiger partial charge in [-0.3, -0.25) is 4.98 Å². The van der Waals surface area contributed by atoms with Crippen LogP contribution in [0.15, 0.2) is 24.5 Å². The Morgan fingerprint density at radius 3 is 1.83 bits per heavy atom. The third kappa shape index (κ3) is 4.64. The van der Waals surface area contributed by atoms with E-state index in [1.54, 1.807) is 24.5 Å². The third-order valence-electron chi connectivity index (χ3n) is 2.40. The van der Waals surface area contributed by atoms with Gasteiger partial charge in [0.2, 0.25) is 29.1 Å². The molecule has 0 aliphatic heterocycles. The molecule has 0 atom stereocenters. The van der Waals surface area contributed by atoms with Crippen LogP contribution in [-0.4, -0.2) is 24.4 Å². The van der Waals surface area contributed by atoms with E-state index in [1.807, 2.05) is 6.07 Å². The number of nitrogens with zero attached hydrogens (tertiary/aromatic N) is 2. The van der Waals surface area contributed by atoms with Gasteiger partial charge in [-0.05, 0) is 12.1 Å². The Morgan fingerprint density at radius 1 is 1.00 bits per heavy atom. The number of hydrogen-bond acceptors (Lipinski definition) is 5. The first kappa shape index (κ1) is 19.3. The number of rotatable bonds is 3. The maximum absolute atomic E-state index is 12.9. The zero-order valence-corrected chi connectivity index (χ0v) is 11.9. The summed E-state index contributed by atoms with van der Waals surface area (Å²) in [5.74, 6) is -12.6. The fraction of sp³-hybridized carbons (Fsp3) is 0.0769. The van der Waals surface area contributed by atoms with E-state index in [9.17, 15) is 22.0 Å². The molecule has 0 saturated carbocycles. The number of aromatic nitrogens is 1. The lowest BCUT2D eigenvalue weighted by atomic mass is 10.2. The van der Waals surface area contributed by atoms with Gasteiger partial charge in [0.25, 0.3) is 0 Å². The van der Waals surface area contributed by atoms with Gasteiger partial charge >= 0.3 is 7.32 Å². The van der Waals surface area contributed by atoms with Gasteiger partial charge in [-0.25, -0.2) is 13.2 Å². The lowest BCUT2D eigenvalue weighted by Crippen LogP contribution is -2.26. The molecule has 1 aromatic heterocycles. The largest absolute Gasteiger partial charge is 0.710 e. The number of nitriles is 1. The van der Waals surface area contributed by atoms with Crippen molar-refractivity contribution in [3.05, 3.63) is 59.2 Å². The normalized spacial score (nSPS) is 9.58. The zero-order valence-electron chi connectivity index (χ0n) is 11.9. The van der Waals surface area contributed by atoms with Gasteiger partial charge in [-0.1, -0.05) is 0 Å². The Kier molecular flexibility index (Phi) is 7.10. The summed E-state index contributed by atoms with van der Waals surface area (Å²) in [6.45, 7) is 0. The average molecular weight is 346 g/mol. The summed E-state index contributed by atoms with van der Waals surface area (Å²) in [5, 5.41) is 17.0. The molecule has 1 N–H and O–H groups in total. The van der Waals surface area contributed by atoms with Gasteiger partial charge in [0.05, 0.1) is 11.6 Å². The van der Waals surface area contributed by atoms with E-state index in [4.69, 9.17) is 10.3 Å². The van der Waals surface area contributed by atoms with Crippen molar-refractivity contribution in [1.82, 2.24) is 4.98 Å². The highest BCUT2D eigenvalue weighted by Crippen LogP contribution is 2.29. The van der Waals surface area contributed by atoms with E-state index in [1.165, 1.54) is 0 Å². The molecule has 0 radical (unpaired) electrons. The molecular weight excluding hydrogens is 338 g/mol. The Balaban J connectivity index is 0.000000300. The van der Waals surface area contributed by atoms with E-state index in [0.29, 0.717) is 5.56 Å². The van der Waals surface area contributed by atoms with Crippen molar-refractivity contribution in [1.29, 1.82) is 5.26 Å². The highest BCUT2D eigenvalue weighted by molar-refractivity contribution is 6.35. The molecule has 0 spiro atoms. The summed E-state index contributed by atoms with van der Waals surface area (Å²) in [5.41, 5.74) is 0.653. The molecule has 126 valence electrons. The molecular formula is C13H8BF5N2O3. The van der Waals surface area contributed by atoms with Crippen LogP contribution in [0.1, 0.15) is 5.56 Å². The smallest absolute Gasteiger partial charge is 0.507 e. The van der Waals surface area contributed by atoms with E-state index in [2.05, 4.69) is 14.3 Å². The van der Waals surface area contributed by atoms with Crippen LogP contribution in [-0.2, 0) is 4.65 Å². The number of halogens is 5. The molecule has 24 heavy (non-hydrogen) atoms. The monoisotopic (exact) mass is 346 g/mol. The summed E-state index contributed by atoms with van der Waals surface area (Å²) in [6, 6.07) is 5.32. The highest BCUT2D eigenvalue weighted by atomic mass is 19.2. The first-order chi connectivity index (χ1) is 11.3. The molecule has 0 aliphatic rings. The van der Waals surface area contributed by atoms with Gasteiger partial charge in [0.15, 0.2) is 5.75 Å². The molecule has 0 saturated heterocycles. The Morgan fingerprint density at radius 2 is 1.46 bits per heavy atom. The molecule has 1 heterocycles. The second-order valence-corrected chi connectivity index (χ2v) is 3.91. The summed E-state index contributed by atoms with van der Waals surface area (Å²) in [7, 11) is -1.25. The number of pyridine rings is 1. The number of benzene rings is 1. The minimum absolute atomic E-state index is 0.653. The molecule has 2 rings (SSSR count). The van der Waals surface area contributed by atoms with Crippen LogP contribution in [0.2, 0.25) is 0 Å². The fourth-order valence-corrected chi connectivity index (χ4v) is 1.26. The molecule has 0 fully saturated rings. The van der Waals surface area contributed by atoms with Crippen LogP contribution >= 0.6 is 0 Å². The quantitative estimate of drug-likeness (QED) is 0.400. The van der Waals surface area contributed by atoms with Gasteiger partial charge < -0.3 is 14.3 Å². The molecule has 11 heteroatoms. The molecule has 1 aromatic carbocycles. The minimum Gasteiger partial charge on any atom is -0.507 e. The highest BCUT2D eigenvalue weighted by Gasteiger charge is 2.30. The fourth-order valence-electron chi connectivity index (χ4n) is 1.26. The van der Waals surface area contributed by atoms with Gasteiger partial charge in [0.1, 0.15) is 0 Å². The predicted molar refractivity (Wildman–Crippen MR) is 70.8 cm³/mol. The number of hydrogen-bond donors (Lipinski definition) is 1. The lowest BCUT2D eigenvalue weighted by molar-refractivity contribution is 0.224. The maximum Gasteiger partial charge on any atom is 0.710 e. The van der Waals surface area contributed by atoms with Gasteiger partial charge in [-0.15, -0.1) is 0 Å².